The molecule has 0 bridgehead atoms. The van der Waals surface area contributed by atoms with Gasteiger partial charge < -0.3 is 30.4 Å². The molecule has 1 heterocycles. The Morgan fingerprint density at radius 2 is 1.85 bits per heavy atom. The number of hydrogen-bond acceptors (Lipinski definition) is 7. The number of methoxy groups -OCH3 is 2. The molecule has 8 nitrogen and oxygen atoms in total. The van der Waals surface area contributed by atoms with Crippen molar-refractivity contribution in [2.45, 2.75) is 13.5 Å². The van der Waals surface area contributed by atoms with Crippen LogP contribution in [0, 0.1) is 6.92 Å². The monoisotopic (exact) mass is 375 g/mol. The Bertz CT molecular complexity index is 770. The Labute approximate surface area is 158 Å². The summed E-state index contributed by atoms with van der Waals surface area (Å²) in [5.74, 6) is 0.323. The minimum atomic E-state index is -1.06. The second kappa shape index (κ2) is 9.75. The SMILES string of the molecule is COc1cc(OCC(=O)O)cc(OC)c1-c1cc(C)nc(CNCCN)c1. The average molecular weight is 375 g/mol. The number of nitrogens with zero attached hydrogens (tertiary/aromatic N) is 1. The molecule has 0 atom stereocenters. The second-order valence-corrected chi connectivity index (χ2v) is 5.84. The van der Waals surface area contributed by atoms with Gasteiger partial charge in [-0.15, -0.1) is 0 Å². The third-order valence-electron chi connectivity index (χ3n) is 3.76. The molecule has 0 aliphatic heterocycles. The molecule has 0 aliphatic carbocycles. The number of ether oxygens (including phenoxy) is 3. The summed E-state index contributed by atoms with van der Waals surface area (Å²) in [6, 6.07) is 7.17. The zero-order chi connectivity index (χ0) is 19.8. The van der Waals surface area contributed by atoms with Crippen molar-refractivity contribution < 1.29 is 24.1 Å². The topological polar surface area (TPSA) is 116 Å². The number of aromatic nitrogens is 1. The van der Waals surface area contributed by atoms with Crippen LogP contribution in [0.2, 0.25) is 0 Å². The molecule has 8 heteroatoms. The van der Waals surface area contributed by atoms with Gasteiger partial charge in [-0.05, 0) is 24.6 Å². The van der Waals surface area contributed by atoms with Crippen LogP contribution in [0.5, 0.6) is 17.2 Å². The Kier molecular flexibility index (Phi) is 7.39. The first kappa shape index (κ1) is 20.5. The maximum Gasteiger partial charge on any atom is 0.341 e. The van der Waals surface area contributed by atoms with Gasteiger partial charge in [-0.1, -0.05) is 0 Å². The predicted octanol–water partition coefficient (Wildman–Crippen LogP) is 1.59. The Balaban J connectivity index is 2.45. The van der Waals surface area contributed by atoms with Gasteiger partial charge in [0.05, 0.1) is 25.5 Å². The number of aryl methyl sites for hydroxylation is 1. The van der Waals surface area contributed by atoms with Crippen molar-refractivity contribution in [1.82, 2.24) is 10.3 Å². The van der Waals surface area contributed by atoms with Crippen molar-refractivity contribution in [2.75, 3.05) is 33.9 Å². The smallest absolute Gasteiger partial charge is 0.341 e. The molecule has 0 unspecified atom stereocenters. The molecule has 0 saturated heterocycles. The fourth-order valence-electron chi connectivity index (χ4n) is 2.69. The lowest BCUT2D eigenvalue weighted by atomic mass is 10.0. The summed E-state index contributed by atoms with van der Waals surface area (Å²) >= 11 is 0. The van der Waals surface area contributed by atoms with Crippen LogP contribution in [-0.2, 0) is 11.3 Å². The molecule has 0 radical (unpaired) electrons. The van der Waals surface area contributed by atoms with Crippen LogP contribution in [0.25, 0.3) is 11.1 Å². The fourth-order valence-corrected chi connectivity index (χ4v) is 2.69. The molecule has 0 spiro atoms. The van der Waals surface area contributed by atoms with Crippen molar-refractivity contribution in [3.05, 3.63) is 35.7 Å². The van der Waals surface area contributed by atoms with Gasteiger partial charge in [0.2, 0.25) is 0 Å². The quantitative estimate of drug-likeness (QED) is 0.536. The first-order valence-corrected chi connectivity index (χ1v) is 8.47. The van der Waals surface area contributed by atoms with E-state index in [1.807, 2.05) is 19.1 Å². The van der Waals surface area contributed by atoms with E-state index in [2.05, 4.69) is 10.3 Å². The average Bonchev–Trinajstić information content (AvgIpc) is 2.65. The number of carbonyl (C=O) groups is 1. The molecule has 1 aromatic carbocycles. The lowest BCUT2D eigenvalue weighted by Gasteiger charge is -2.17. The zero-order valence-electron chi connectivity index (χ0n) is 15.7. The molecule has 0 fully saturated rings. The fraction of sp³-hybridized carbons (Fsp3) is 0.368. The van der Waals surface area contributed by atoms with Crippen LogP contribution < -0.4 is 25.3 Å². The highest BCUT2D eigenvalue weighted by atomic mass is 16.5. The van der Waals surface area contributed by atoms with Crippen LogP contribution in [-0.4, -0.2) is 50.0 Å². The summed E-state index contributed by atoms with van der Waals surface area (Å²) in [5, 5.41) is 12.0. The molecule has 4 N–H and O–H groups in total. The van der Waals surface area contributed by atoms with E-state index in [1.165, 1.54) is 14.2 Å². The number of rotatable bonds is 10. The van der Waals surface area contributed by atoms with Crippen LogP contribution in [0.1, 0.15) is 11.4 Å². The summed E-state index contributed by atoms with van der Waals surface area (Å²) in [6.45, 7) is 3.32. The Morgan fingerprint density at radius 1 is 1.19 bits per heavy atom. The van der Waals surface area contributed by atoms with Gasteiger partial charge in [0, 0.05) is 37.5 Å². The molecule has 27 heavy (non-hydrogen) atoms. The normalized spacial score (nSPS) is 10.5. The van der Waals surface area contributed by atoms with Crippen LogP contribution in [0.15, 0.2) is 24.3 Å². The van der Waals surface area contributed by atoms with Gasteiger partial charge in [-0.25, -0.2) is 4.79 Å². The van der Waals surface area contributed by atoms with E-state index >= 15 is 0 Å². The highest BCUT2D eigenvalue weighted by molar-refractivity contribution is 5.79. The molecular formula is C19H25N3O5. The number of pyridine rings is 1. The molecule has 2 rings (SSSR count). The minimum Gasteiger partial charge on any atom is -0.496 e. The second-order valence-electron chi connectivity index (χ2n) is 5.84. The summed E-state index contributed by atoms with van der Waals surface area (Å²) < 4.78 is 16.3. The van der Waals surface area contributed by atoms with Gasteiger partial charge in [0.1, 0.15) is 17.2 Å². The number of carboxylic acids is 1. The lowest BCUT2D eigenvalue weighted by molar-refractivity contribution is -0.139. The van der Waals surface area contributed by atoms with Gasteiger partial charge in [-0.3, -0.25) is 4.98 Å². The minimum absolute atomic E-state index is 0.352. The maximum atomic E-state index is 10.7. The molecular weight excluding hydrogens is 350 g/mol. The summed E-state index contributed by atoms with van der Waals surface area (Å²) in [4.78, 5) is 15.3. The standard InChI is InChI=1S/C19H25N3O5/c1-12-6-13(7-14(22-12)10-21-5-4-20)19-16(25-2)8-15(9-17(19)26-3)27-11-18(23)24/h6-9,21H,4-5,10-11,20H2,1-3H3,(H,23,24). The number of nitrogens with two attached hydrogens (primary N) is 1. The third-order valence-corrected chi connectivity index (χ3v) is 3.76. The Morgan fingerprint density at radius 3 is 2.41 bits per heavy atom. The van der Waals surface area contributed by atoms with Crippen molar-refractivity contribution in [2.24, 2.45) is 5.73 Å². The maximum absolute atomic E-state index is 10.7. The predicted molar refractivity (Wildman–Crippen MR) is 101 cm³/mol. The van der Waals surface area contributed by atoms with Gasteiger partial charge in [0.15, 0.2) is 6.61 Å². The van der Waals surface area contributed by atoms with Crippen LogP contribution in [0.3, 0.4) is 0 Å². The number of aliphatic carboxylic acids is 1. The van der Waals surface area contributed by atoms with Crippen molar-refractivity contribution in [3.8, 4) is 28.4 Å². The molecule has 146 valence electrons. The first-order valence-electron chi connectivity index (χ1n) is 8.47. The van der Waals surface area contributed by atoms with E-state index in [0.29, 0.717) is 36.9 Å². The van der Waals surface area contributed by atoms with Gasteiger partial charge in [0.25, 0.3) is 0 Å². The molecule has 0 saturated carbocycles. The van der Waals surface area contributed by atoms with E-state index in [1.54, 1.807) is 12.1 Å². The van der Waals surface area contributed by atoms with Crippen molar-refractivity contribution in [1.29, 1.82) is 0 Å². The van der Waals surface area contributed by atoms with Crippen LogP contribution in [0.4, 0.5) is 0 Å². The molecule has 0 amide bonds. The lowest BCUT2D eigenvalue weighted by Crippen LogP contribution is -2.22. The van der Waals surface area contributed by atoms with E-state index in [4.69, 9.17) is 25.1 Å². The van der Waals surface area contributed by atoms with Crippen LogP contribution >= 0.6 is 0 Å². The van der Waals surface area contributed by atoms with E-state index in [0.717, 1.165) is 22.5 Å². The highest BCUT2D eigenvalue weighted by Crippen LogP contribution is 2.42. The number of nitrogens with one attached hydrogen (secondary N) is 1. The Hall–Kier alpha value is -2.84. The van der Waals surface area contributed by atoms with E-state index in [9.17, 15) is 4.79 Å². The third kappa shape index (κ3) is 5.57. The highest BCUT2D eigenvalue weighted by Gasteiger charge is 2.17. The largest absolute Gasteiger partial charge is 0.496 e. The van der Waals surface area contributed by atoms with Crippen molar-refractivity contribution in [3.63, 3.8) is 0 Å². The molecule has 1 aromatic heterocycles. The van der Waals surface area contributed by atoms with E-state index in [-0.39, 0.29) is 0 Å². The number of hydrogen-bond donors (Lipinski definition) is 3. The van der Waals surface area contributed by atoms with Gasteiger partial charge in [-0.2, -0.15) is 0 Å². The molecule has 0 aliphatic rings. The summed E-state index contributed by atoms with van der Waals surface area (Å²) in [6.07, 6.45) is 0. The zero-order valence-corrected chi connectivity index (χ0v) is 15.7. The number of benzene rings is 1. The van der Waals surface area contributed by atoms with Crippen molar-refractivity contribution >= 4 is 5.97 Å². The first-order chi connectivity index (χ1) is 13.0. The summed E-state index contributed by atoms with van der Waals surface area (Å²) in [7, 11) is 3.08. The van der Waals surface area contributed by atoms with E-state index < -0.39 is 12.6 Å². The molecule has 2 aromatic rings. The number of carboxylic acid groups (broad SMARTS) is 1. The van der Waals surface area contributed by atoms with Gasteiger partial charge >= 0.3 is 5.97 Å². The summed E-state index contributed by atoms with van der Waals surface area (Å²) in [5.41, 5.74) is 8.86.